The third-order valence-corrected chi connectivity index (χ3v) is 3.66. The highest BCUT2D eigenvalue weighted by molar-refractivity contribution is 5.92. The summed E-state index contributed by atoms with van der Waals surface area (Å²) in [5, 5.41) is 11.2. The number of carbonyl (C=O) groups excluding carboxylic acids is 2. The molecule has 1 fully saturated rings. The molecule has 2 amide bonds. The lowest BCUT2D eigenvalue weighted by Gasteiger charge is -2.32. The molecule has 1 aromatic rings. The number of amides is 2. The van der Waals surface area contributed by atoms with Gasteiger partial charge in [-0.25, -0.2) is 0 Å². The number of piperazine rings is 1. The van der Waals surface area contributed by atoms with Gasteiger partial charge in [-0.05, 0) is 24.5 Å². The Hall–Kier alpha value is -2.18. The smallest absolute Gasteiger partial charge is 0.274 e. The Bertz CT molecular complexity index is 495. The molecule has 2 rings (SSSR count). The van der Waals surface area contributed by atoms with Crippen LogP contribution in [0.15, 0.2) is 12.1 Å². The van der Waals surface area contributed by atoms with E-state index in [2.05, 4.69) is 29.4 Å². The molecule has 0 aliphatic carbocycles. The molecular weight excluding hydrogens is 282 g/mol. The molecule has 1 saturated heterocycles. The van der Waals surface area contributed by atoms with E-state index in [1.165, 1.54) is 0 Å². The second kappa shape index (κ2) is 7.72. The van der Waals surface area contributed by atoms with E-state index in [4.69, 9.17) is 0 Å². The van der Waals surface area contributed by atoms with Gasteiger partial charge >= 0.3 is 0 Å². The van der Waals surface area contributed by atoms with E-state index in [0.717, 1.165) is 19.4 Å². The van der Waals surface area contributed by atoms with E-state index in [9.17, 15) is 9.59 Å². The molecule has 0 unspecified atom stereocenters. The first-order valence-electron chi connectivity index (χ1n) is 7.66. The molecule has 0 aromatic carbocycles. The zero-order chi connectivity index (χ0) is 15.9. The Morgan fingerprint density at radius 3 is 2.55 bits per heavy atom. The first-order valence-corrected chi connectivity index (χ1v) is 7.66. The van der Waals surface area contributed by atoms with Gasteiger partial charge in [-0.2, -0.15) is 0 Å². The fourth-order valence-electron chi connectivity index (χ4n) is 2.22. The van der Waals surface area contributed by atoms with Crippen LogP contribution in [0.3, 0.4) is 0 Å². The van der Waals surface area contributed by atoms with Gasteiger partial charge in [-0.1, -0.05) is 13.8 Å². The first-order chi connectivity index (χ1) is 10.6. The van der Waals surface area contributed by atoms with Gasteiger partial charge in [0.05, 0.1) is 0 Å². The highest BCUT2D eigenvalue weighted by atomic mass is 16.2. The first kappa shape index (κ1) is 16.2. The van der Waals surface area contributed by atoms with Crippen molar-refractivity contribution in [2.75, 3.05) is 38.0 Å². The van der Waals surface area contributed by atoms with Crippen molar-refractivity contribution in [1.82, 2.24) is 20.0 Å². The molecule has 0 atom stereocenters. The van der Waals surface area contributed by atoms with Gasteiger partial charge < -0.3 is 15.1 Å². The molecule has 7 nitrogen and oxygen atoms in total. The van der Waals surface area contributed by atoms with Crippen molar-refractivity contribution in [3.63, 3.8) is 0 Å². The quantitative estimate of drug-likeness (QED) is 0.788. The van der Waals surface area contributed by atoms with E-state index in [1.54, 1.807) is 21.9 Å². The molecule has 1 aliphatic heterocycles. The maximum Gasteiger partial charge on any atom is 0.274 e. The lowest BCUT2D eigenvalue weighted by Crippen LogP contribution is -2.48. The van der Waals surface area contributed by atoms with Crippen LogP contribution in [-0.2, 0) is 4.79 Å². The van der Waals surface area contributed by atoms with Gasteiger partial charge in [-0.3, -0.25) is 9.59 Å². The molecule has 120 valence electrons. The third-order valence-electron chi connectivity index (χ3n) is 3.66. The van der Waals surface area contributed by atoms with Gasteiger partial charge in [0.25, 0.3) is 5.91 Å². The maximum absolute atomic E-state index is 12.3. The Balaban J connectivity index is 1.87. The summed E-state index contributed by atoms with van der Waals surface area (Å²) in [6.45, 7) is 7.38. The van der Waals surface area contributed by atoms with E-state index in [-0.39, 0.29) is 5.91 Å². The predicted octanol–water partition coefficient (Wildman–Crippen LogP) is 0.849. The van der Waals surface area contributed by atoms with Crippen molar-refractivity contribution in [3.8, 4) is 0 Å². The molecule has 1 aromatic heterocycles. The lowest BCUT2D eigenvalue weighted by molar-refractivity contribution is -0.119. The summed E-state index contributed by atoms with van der Waals surface area (Å²) in [7, 11) is 0. The van der Waals surface area contributed by atoms with E-state index in [0.29, 0.717) is 43.6 Å². The monoisotopic (exact) mass is 305 g/mol. The molecule has 0 saturated carbocycles. The van der Waals surface area contributed by atoms with Crippen molar-refractivity contribution in [2.45, 2.75) is 20.3 Å². The number of rotatable bonds is 6. The fraction of sp³-hybridized carbons (Fsp3) is 0.600. The van der Waals surface area contributed by atoms with Crippen molar-refractivity contribution >= 4 is 18.1 Å². The minimum absolute atomic E-state index is 0.133. The highest BCUT2D eigenvalue weighted by Gasteiger charge is 2.22. The van der Waals surface area contributed by atoms with Crippen LogP contribution in [0.25, 0.3) is 0 Å². The lowest BCUT2D eigenvalue weighted by atomic mass is 10.1. The Kier molecular flexibility index (Phi) is 5.68. The largest absolute Gasteiger partial charge is 0.369 e. The minimum atomic E-state index is -0.133. The van der Waals surface area contributed by atoms with Crippen LogP contribution in [0.5, 0.6) is 0 Å². The van der Waals surface area contributed by atoms with Crippen molar-refractivity contribution < 1.29 is 9.59 Å². The Morgan fingerprint density at radius 2 is 2.00 bits per heavy atom. The average Bonchev–Trinajstić information content (AvgIpc) is 2.54. The van der Waals surface area contributed by atoms with Crippen LogP contribution in [-0.4, -0.2) is 65.0 Å². The summed E-state index contributed by atoms with van der Waals surface area (Å²) in [5.41, 5.74) is 0.342. The van der Waals surface area contributed by atoms with Gasteiger partial charge in [-0.15, -0.1) is 10.2 Å². The predicted molar refractivity (Wildman–Crippen MR) is 83.5 cm³/mol. The fourth-order valence-corrected chi connectivity index (χ4v) is 2.22. The summed E-state index contributed by atoms with van der Waals surface area (Å²) < 4.78 is 0. The van der Waals surface area contributed by atoms with Crippen LogP contribution >= 0.6 is 0 Å². The molecule has 0 spiro atoms. The molecular formula is C15H23N5O2. The number of nitrogens with one attached hydrogen (secondary N) is 1. The third kappa shape index (κ3) is 4.41. The number of carbonyl (C=O) groups is 2. The Labute approximate surface area is 130 Å². The SMILES string of the molecule is CC(C)CCNc1ccc(C(=O)N2CCN(C=O)CC2)nn1. The number of nitrogens with zero attached hydrogens (tertiary/aromatic N) is 4. The number of hydrogen-bond donors (Lipinski definition) is 1. The van der Waals surface area contributed by atoms with Gasteiger partial charge in [0, 0.05) is 32.7 Å². The molecule has 2 heterocycles. The van der Waals surface area contributed by atoms with Crippen molar-refractivity contribution in [2.24, 2.45) is 5.92 Å². The Morgan fingerprint density at radius 1 is 1.27 bits per heavy atom. The van der Waals surface area contributed by atoms with E-state index < -0.39 is 0 Å². The van der Waals surface area contributed by atoms with Crippen LogP contribution in [0.4, 0.5) is 5.82 Å². The zero-order valence-corrected chi connectivity index (χ0v) is 13.2. The summed E-state index contributed by atoms with van der Waals surface area (Å²) in [4.78, 5) is 26.3. The number of anilines is 1. The second-order valence-electron chi connectivity index (χ2n) is 5.85. The second-order valence-corrected chi connectivity index (χ2v) is 5.85. The normalized spacial score (nSPS) is 15.0. The summed E-state index contributed by atoms with van der Waals surface area (Å²) >= 11 is 0. The number of hydrogen-bond acceptors (Lipinski definition) is 5. The zero-order valence-electron chi connectivity index (χ0n) is 13.2. The molecule has 0 radical (unpaired) electrons. The maximum atomic E-state index is 12.3. The standard InChI is InChI=1S/C15H23N5O2/c1-12(2)5-6-16-14-4-3-13(17-18-14)15(22)20-9-7-19(11-21)8-10-20/h3-4,11-12H,5-10H2,1-2H3,(H,16,18). The van der Waals surface area contributed by atoms with Gasteiger partial charge in [0.2, 0.25) is 6.41 Å². The molecule has 7 heteroatoms. The van der Waals surface area contributed by atoms with Crippen LogP contribution in [0.2, 0.25) is 0 Å². The van der Waals surface area contributed by atoms with Crippen LogP contribution < -0.4 is 5.32 Å². The topological polar surface area (TPSA) is 78.4 Å². The van der Waals surface area contributed by atoms with Gasteiger partial charge in [0.1, 0.15) is 5.82 Å². The van der Waals surface area contributed by atoms with Crippen molar-refractivity contribution in [1.29, 1.82) is 0 Å². The number of aromatic nitrogens is 2. The molecule has 1 aliphatic rings. The average molecular weight is 305 g/mol. The molecule has 1 N–H and O–H groups in total. The summed E-state index contributed by atoms with van der Waals surface area (Å²) in [5.74, 6) is 1.18. The van der Waals surface area contributed by atoms with E-state index >= 15 is 0 Å². The summed E-state index contributed by atoms with van der Waals surface area (Å²) in [6, 6.07) is 3.47. The van der Waals surface area contributed by atoms with Crippen LogP contribution in [0.1, 0.15) is 30.8 Å². The van der Waals surface area contributed by atoms with Crippen LogP contribution in [0, 0.1) is 5.92 Å². The minimum Gasteiger partial charge on any atom is -0.369 e. The van der Waals surface area contributed by atoms with Gasteiger partial charge in [0.15, 0.2) is 5.69 Å². The summed E-state index contributed by atoms with van der Waals surface area (Å²) in [6.07, 6.45) is 1.88. The molecule has 0 bridgehead atoms. The van der Waals surface area contributed by atoms with E-state index in [1.807, 2.05) is 0 Å². The van der Waals surface area contributed by atoms with Crippen molar-refractivity contribution in [3.05, 3.63) is 17.8 Å². The molecule has 22 heavy (non-hydrogen) atoms. The highest BCUT2D eigenvalue weighted by Crippen LogP contribution is 2.08.